The number of amides is 2. The molecule has 3 heterocycles. The fourth-order valence-electron chi connectivity index (χ4n) is 4.85. The number of rotatable bonds is 6. The SMILES string of the molecule is Cc1cccc(-n2nc(C(C)(C)C)c3c2N(CC(=O)NCc2ccncc2)C(=O)CS[C@@H]3c2cccc(F)c2)c1. The van der Waals surface area contributed by atoms with Gasteiger partial charge in [0.15, 0.2) is 0 Å². The van der Waals surface area contributed by atoms with Crippen molar-refractivity contribution in [1.82, 2.24) is 20.1 Å². The molecule has 1 aliphatic heterocycles. The number of benzene rings is 2. The molecule has 9 heteroatoms. The maximum atomic E-state index is 14.4. The van der Waals surface area contributed by atoms with Gasteiger partial charge in [-0.1, -0.05) is 45.0 Å². The van der Waals surface area contributed by atoms with Gasteiger partial charge in [-0.2, -0.15) is 5.10 Å². The van der Waals surface area contributed by atoms with E-state index in [1.54, 1.807) is 23.1 Å². The minimum atomic E-state index is -0.395. The number of hydrogen-bond acceptors (Lipinski definition) is 5. The van der Waals surface area contributed by atoms with Crippen molar-refractivity contribution in [3.63, 3.8) is 0 Å². The van der Waals surface area contributed by atoms with Gasteiger partial charge in [-0.25, -0.2) is 9.07 Å². The zero-order chi connectivity index (χ0) is 28.4. The number of halogens is 1. The van der Waals surface area contributed by atoms with Gasteiger partial charge in [-0.05, 0) is 60.0 Å². The third kappa shape index (κ3) is 5.79. The predicted octanol–water partition coefficient (Wildman–Crippen LogP) is 5.50. The van der Waals surface area contributed by atoms with Gasteiger partial charge in [0, 0.05) is 29.9 Å². The molecule has 206 valence electrons. The number of nitrogens with zero attached hydrogens (tertiary/aromatic N) is 4. The minimum absolute atomic E-state index is 0.130. The monoisotopic (exact) mass is 557 g/mol. The van der Waals surface area contributed by atoms with Crippen LogP contribution in [0.2, 0.25) is 0 Å². The molecule has 1 aliphatic rings. The predicted molar refractivity (Wildman–Crippen MR) is 156 cm³/mol. The lowest BCUT2D eigenvalue weighted by Crippen LogP contribution is -2.42. The van der Waals surface area contributed by atoms with E-state index in [0.717, 1.165) is 33.6 Å². The molecule has 2 aromatic heterocycles. The van der Waals surface area contributed by atoms with Gasteiger partial charge in [0.2, 0.25) is 11.8 Å². The summed E-state index contributed by atoms with van der Waals surface area (Å²) in [6, 6.07) is 18.0. The van der Waals surface area contributed by atoms with Gasteiger partial charge in [0.05, 0.1) is 22.4 Å². The maximum absolute atomic E-state index is 14.4. The molecule has 2 amide bonds. The van der Waals surface area contributed by atoms with Gasteiger partial charge in [0.25, 0.3) is 0 Å². The Morgan fingerprint density at radius 3 is 2.55 bits per heavy atom. The van der Waals surface area contributed by atoms with Crippen LogP contribution in [0.25, 0.3) is 5.69 Å². The number of aryl methyl sites for hydroxylation is 1. The molecule has 0 aliphatic carbocycles. The smallest absolute Gasteiger partial charge is 0.240 e. The quantitative estimate of drug-likeness (QED) is 0.339. The van der Waals surface area contributed by atoms with Crippen molar-refractivity contribution in [1.29, 1.82) is 0 Å². The number of aromatic nitrogens is 3. The van der Waals surface area contributed by atoms with Crippen LogP contribution >= 0.6 is 11.8 Å². The normalized spacial score (nSPS) is 15.5. The summed E-state index contributed by atoms with van der Waals surface area (Å²) < 4.78 is 16.2. The standard InChI is InChI=1S/C31H32FN5O2S/c1-20-7-5-10-24(15-20)37-30-27(29(35-37)31(2,3)4)28(22-8-6-9-23(32)16-22)40-19-26(39)36(30)18-25(38)34-17-21-11-13-33-14-12-21/h5-16,28H,17-19H2,1-4H3,(H,34,38)/t28-/m1/s1. The third-order valence-electron chi connectivity index (χ3n) is 6.74. The van der Waals surface area contributed by atoms with Crippen molar-refractivity contribution in [3.8, 4) is 5.69 Å². The molecule has 2 aromatic carbocycles. The molecule has 1 N–H and O–H groups in total. The Morgan fingerprint density at radius 1 is 1.10 bits per heavy atom. The highest BCUT2D eigenvalue weighted by molar-refractivity contribution is 8.00. The van der Waals surface area contributed by atoms with Crippen molar-refractivity contribution < 1.29 is 14.0 Å². The Kier molecular flexibility index (Phi) is 7.76. The summed E-state index contributed by atoms with van der Waals surface area (Å²) in [5.74, 6) is -0.173. The Labute approximate surface area is 237 Å². The van der Waals surface area contributed by atoms with Crippen molar-refractivity contribution in [2.45, 2.75) is 44.9 Å². The highest BCUT2D eigenvalue weighted by atomic mass is 32.2. The minimum Gasteiger partial charge on any atom is -0.350 e. The van der Waals surface area contributed by atoms with Crippen LogP contribution in [0.5, 0.6) is 0 Å². The molecule has 0 unspecified atom stereocenters. The summed E-state index contributed by atoms with van der Waals surface area (Å²) >= 11 is 1.43. The lowest BCUT2D eigenvalue weighted by Gasteiger charge is -2.24. The first kappa shape index (κ1) is 27.6. The first-order valence-electron chi connectivity index (χ1n) is 13.2. The summed E-state index contributed by atoms with van der Waals surface area (Å²) in [4.78, 5) is 32.5. The Balaban J connectivity index is 1.66. The first-order valence-corrected chi connectivity index (χ1v) is 14.2. The lowest BCUT2D eigenvalue weighted by molar-refractivity contribution is -0.123. The van der Waals surface area contributed by atoms with Crippen LogP contribution in [-0.2, 0) is 21.5 Å². The summed E-state index contributed by atoms with van der Waals surface area (Å²) in [6.07, 6.45) is 3.34. The summed E-state index contributed by atoms with van der Waals surface area (Å²) in [7, 11) is 0. The van der Waals surface area contributed by atoms with E-state index in [-0.39, 0.29) is 35.2 Å². The number of hydrogen-bond donors (Lipinski definition) is 1. The number of nitrogens with one attached hydrogen (secondary N) is 1. The van der Waals surface area contributed by atoms with Crippen LogP contribution in [0.3, 0.4) is 0 Å². The summed E-state index contributed by atoms with van der Waals surface area (Å²) in [6.45, 7) is 8.36. The highest BCUT2D eigenvalue weighted by Crippen LogP contribution is 2.48. The van der Waals surface area contributed by atoms with Crippen LogP contribution in [0.1, 0.15) is 54.0 Å². The molecule has 0 saturated carbocycles. The van der Waals surface area contributed by atoms with Gasteiger partial charge in [0.1, 0.15) is 18.2 Å². The lowest BCUT2D eigenvalue weighted by atomic mass is 9.87. The van der Waals surface area contributed by atoms with E-state index in [0.29, 0.717) is 12.4 Å². The topological polar surface area (TPSA) is 80.1 Å². The Morgan fingerprint density at radius 2 is 1.85 bits per heavy atom. The maximum Gasteiger partial charge on any atom is 0.240 e. The molecular weight excluding hydrogens is 525 g/mol. The molecule has 0 fully saturated rings. The van der Waals surface area contributed by atoms with E-state index in [9.17, 15) is 14.0 Å². The van der Waals surface area contributed by atoms with Crippen LogP contribution < -0.4 is 10.2 Å². The fourth-order valence-corrected chi connectivity index (χ4v) is 6.03. The van der Waals surface area contributed by atoms with E-state index in [4.69, 9.17) is 5.10 Å². The molecule has 0 saturated heterocycles. The number of carbonyl (C=O) groups is 2. The molecule has 1 atom stereocenters. The second-order valence-electron chi connectivity index (χ2n) is 10.9. The molecule has 4 aromatic rings. The second kappa shape index (κ2) is 11.3. The number of fused-ring (bicyclic) bond motifs is 1. The molecule has 7 nitrogen and oxygen atoms in total. The molecule has 0 bridgehead atoms. The molecule has 5 rings (SSSR count). The van der Waals surface area contributed by atoms with Gasteiger partial charge < -0.3 is 5.32 Å². The van der Waals surface area contributed by atoms with Gasteiger partial charge in [-0.3, -0.25) is 19.5 Å². The van der Waals surface area contributed by atoms with E-state index in [2.05, 4.69) is 31.1 Å². The average molecular weight is 558 g/mol. The van der Waals surface area contributed by atoms with Crippen LogP contribution in [0.15, 0.2) is 73.1 Å². The number of carbonyl (C=O) groups excluding carboxylic acids is 2. The Bertz CT molecular complexity index is 1550. The van der Waals surface area contributed by atoms with Crippen molar-refractivity contribution in [2.75, 3.05) is 17.2 Å². The molecular formula is C31H32FN5O2S. The fraction of sp³-hybridized carbons (Fsp3) is 0.290. The third-order valence-corrected chi connectivity index (χ3v) is 7.99. The Hall–Kier alpha value is -3.98. The zero-order valence-corrected chi connectivity index (χ0v) is 23.8. The van der Waals surface area contributed by atoms with Crippen LogP contribution in [0, 0.1) is 12.7 Å². The first-order chi connectivity index (χ1) is 19.1. The molecule has 0 radical (unpaired) electrons. The highest BCUT2D eigenvalue weighted by Gasteiger charge is 2.40. The van der Waals surface area contributed by atoms with Gasteiger partial charge >= 0.3 is 0 Å². The number of anilines is 1. The average Bonchev–Trinajstić information content (AvgIpc) is 3.26. The summed E-state index contributed by atoms with van der Waals surface area (Å²) in [5, 5.41) is 7.65. The van der Waals surface area contributed by atoms with E-state index in [1.807, 2.05) is 49.4 Å². The van der Waals surface area contributed by atoms with Crippen LogP contribution in [0.4, 0.5) is 10.2 Å². The van der Waals surface area contributed by atoms with Crippen molar-refractivity contribution in [3.05, 3.63) is 107 Å². The van der Waals surface area contributed by atoms with Crippen molar-refractivity contribution in [2.24, 2.45) is 0 Å². The van der Waals surface area contributed by atoms with E-state index >= 15 is 0 Å². The zero-order valence-electron chi connectivity index (χ0n) is 23.0. The van der Waals surface area contributed by atoms with E-state index < -0.39 is 5.41 Å². The van der Waals surface area contributed by atoms with Crippen LogP contribution in [-0.4, -0.2) is 38.9 Å². The van der Waals surface area contributed by atoms with Gasteiger partial charge in [-0.15, -0.1) is 11.8 Å². The molecule has 0 spiro atoms. The largest absolute Gasteiger partial charge is 0.350 e. The second-order valence-corrected chi connectivity index (χ2v) is 12.0. The van der Waals surface area contributed by atoms with Crippen molar-refractivity contribution >= 4 is 29.4 Å². The number of pyridine rings is 1. The van der Waals surface area contributed by atoms with E-state index in [1.165, 1.54) is 28.8 Å². The summed E-state index contributed by atoms with van der Waals surface area (Å²) in [5.41, 5.74) is 4.70. The number of thioether (sulfide) groups is 1. The molecule has 40 heavy (non-hydrogen) atoms.